The third-order valence-electron chi connectivity index (χ3n) is 6.05. The zero-order chi connectivity index (χ0) is 17.0. The molecule has 1 aromatic heterocycles. The van der Waals surface area contributed by atoms with Crippen LogP contribution in [0.15, 0.2) is 36.7 Å². The van der Waals surface area contributed by atoms with Crippen LogP contribution in [0.4, 0.5) is 0 Å². The first-order chi connectivity index (χ1) is 12.2. The van der Waals surface area contributed by atoms with Gasteiger partial charge in [-0.15, -0.1) is 0 Å². The number of amides is 2. The molecule has 0 aromatic carbocycles. The monoisotopic (exact) mass is 339 g/mol. The minimum atomic E-state index is -0.592. The van der Waals surface area contributed by atoms with Crippen molar-refractivity contribution in [3.05, 3.63) is 42.2 Å². The number of carbonyl (C=O) groups excluding carboxylic acids is 2. The van der Waals surface area contributed by atoms with Crippen LogP contribution in [0, 0.1) is 11.8 Å². The Morgan fingerprint density at radius 2 is 2.12 bits per heavy atom. The highest BCUT2D eigenvalue weighted by Gasteiger charge is 2.67. The maximum Gasteiger partial charge on any atom is 0.230 e. The fourth-order valence-electron chi connectivity index (χ4n) is 4.61. The molecule has 6 heteroatoms. The average molecular weight is 339 g/mol. The van der Waals surface area contributed by atoms with Crippen molar-refractivity contribution in [2.24, 2.45) is 11.8 Å². The Bertz CT molecular complexity index is 746. The lowest BCUT2D eigenvalue weighted by molar-refractivity contribution is -0.145. The summed E-state index contributed by atoms with van der Waals surface area (Å²) in [6.07, 6.45) is 9.15. The van der Waals surface area contributed by atoms with E-state index in [4.69, 9.17) is 4.74 Å². The summed E-state index contributed by atoms with van der Waals surface area (Å²) >= 11 is 0. The molecule has 1 spiro atoms. The van der Waals surface area contributed by atoms with E-state index < -0.39 is 5.60 Å². The number of aromatic nitrogens is 1. The molecule has 2 amide bonds. The number of hydrogen-bond acceptors (Lipinski definition) is 4. The molecule has 0 saturated carbocycles. The van der Waals surface area contributed by atoms with Crippen molar-refractivity contribution < 1.29 is 14.3 Å². The summed E-state index contributed by atoms with van der Waals surface area (Å²) in [5.74, 6) is -0.534. The van der Waals surface area contributed by atoms with Crippen molar-refractivity contribution in [1.29, 1.82) is 0 Å². The number of likely N-dealkylation sites (tertiary alicyclic amines) is 2. The molecule has 5 heterocycles. The Morgan fingerprint density at radius 3 is 2.84 bits per heavy atom. The van der Waals surface area contributed by atoms with Crippen LogP contribution in [0.25, 0.3) is 0 Å². The Balaban J connectivity index is 1.35. The number of hydrogen-bond donors (Lipinski definition) is 0. The molecule has 5 rings (SSSR count). The van der Waals surface area contributed by atoms with Crippen LogP contribution in [0.2, 0.25) is 0 Å². The van der Waals surface area contributed by atoms with Gasteiger partial charge >= 0.3 is 0 Å². The zero-order valence-electron chi connectivity index (χ0n) is 14.0. The summed E-state index contributed by atoms with van der Waals surface area (Å²) in [6.45, 7) is 2.82. The molecule has 6 nitrogen and oxygen atoms in total. The Labute approximate surface area is 146 Å². The third-order valence-corrected chi connectivity index (χ3v) is 6.05. The molecule has 25 heavy (non-hydrogen) atoms. The van der Waals surface area contributed by atoms with Crippen LogP contribution in [-0.2, 0) is 20.7 Å². The number of nitrogens with zero attached hydrogens (tertiary/aromatic N) is 3. The molecule has 3 saturated heterocycles. The normalized spacial score (nSPS) is 35.2. The van der Waals surface area contributed by atoms with Crippen LogP contribution >= 0.6 is 0 Å². The van der Waals surface area contributed by atoms with E-state index in [-0.39, 0.29) is 29.8 Å². The van der Waals surface area contributed by atoms with Crippen molar-refractivity contribution >= 4 is 11.8 Å². The maximum atomic E-state index is 13.1. The van der Waals surface area contributed by atoms with Gasteiger partial charge in [0.15, 0.2) is 0 Å². The van der Waals surface area contributed by atoms with Crippen molar-refractivity contribution in [3.8, 4) is 0 Å². The minimum absolute atomic E-state index is 0.0692. The van der Waals surface area contributed by atoms with Crippen LogP contribution in [0.3, 0.4) is 0 Å². The van der Waals surface area contributed by atoms with Crippen molar-refractivity contribution in [2.45, 2.75) is 24.5 Å². The Kier molecular flexibility index (Phi) is 3.25. The van der Waals surface area contributed by atoms with Gasteiger partial charge in [0.05, 0.1) is 24.5 Å². The highest BCUT2D eigenvalue weighted by molar-refractivity contribution is 5.93. The second-order valence-corrected chi connectivity index (χ2v) is 7.44. The van der Waals surface area contributed by atoms with Crippen LogP contribution in [-0.4, -0.2) is 64.5 Å². The second kappa shape index (κ2) is 5.39. The molecule has 1 aromatic rings. The molecule has 3 fully saturated rings. The predicted molar refractivity (Wildman–Crippen MR) is 89.4 cm³/mol. The van der Waals surface area contributed by atoms with Gasteiger partial charge in [0.1, 0.15) is 5.60 Å². The van der Waals surface area contributed by atoms with Crippen molar-refractivity contribution in [2.75, 3.05) is 26.2 Å². The summed E-state index contributed by atoms with van der Waals surface area (Å²) in [4.78, 5) is 33.6. The van der Waals surface area contributed by atoms with Crippen LogP contribution in [0.1, 0.15) is 12.0 Å². The van der Waals surface area contributed by atoms with Gasteiger partial charge in [-0.2, -0.15) is 0 Å². The molecule has 4 aliphatic heterocycles. The highest BCUT2D eigenvalue weighted by Crippen LogP contribution is 2.52. The van der Waals surface area contributed by atoms with Crippen molar-refractivity contribution in [3.63, 3.8) is 0 Å². The standard InChI is InChI=1S/C19H21N3O3/c23-17(21-9-1-10-21)15-14-2-6-19(25-14)12-22(18(24)16(15)19)11-5-13-3-7-20-8-4-13/h2-4,6-8,14-16H,1,5,9-12H2/t14-,15?,16?,19-/m1/s1. The number of rotatable bonds is 4. The third kappa shape index (κ3) is 2.16. The van der Waals surface area contributed by atoms with Crippen molar-refractivity contribution in [1.82, 2.24) is 14.8 Å². The molecule has 0 radical (unpaired) electrons. The van der Waals surface area contributed by atoms with Gasteiger partial charge in [-0.25, -0.2) is 0 Å². The number of pyridine rings is 1. The van der Waals surface area contributed by atoms with E-state index in [1.807, 2.05) is 34.1 Å². The summed E-state index contributed by atoms with van der Waals surface area (Å²) in [5.41, 5.74) is 0.567. The van der Waals surface area contributed by atoms with E-state index in [9.17, 15) is 9.59 Å². The highest BCUT2D eigenvalue weighted by atomic mass is 16.5. The fraction of sp³-hybridized carbons (Fsp3) is 0.526. The van der Waals surface area contributed by atoms with E-state index in [1.54, 1.807) is 12.4 Å². The molecule has 0 N–H and O–H groups in total. The minimum Gasteiger partial charge on any atom is -0.360 e. The number of carbonyl (C=O) groups is 2. The molecule has 130 valence electrons. The number of fused-ring (bicyclic) bond motifs is 1. The average Bonchev–Trinajstić information content (AvgIpc) is 3.21. The van der Waals surface area contributed by atoms with E-state index in [0.29, 0.717) is 13.1 Å². The summed E-state index contributed by atoms with van der Waals surface area (Å²) in [6, 6.07) is 3.94. The predicted octanol–water partition coefficient (Wildman–Crippen LogP) is 0.638. The Hall–Kier alpha value is -2.21. The van der Waals surface area contributed by atoms with Gasteiger partial charge in [-0.3, -0.25) is 14.6 Å². The first kappa shape index (κ1) is 15.1. The topological polar surface area (TPSA) is 62.7 Å². The van der Waals surface area contributed by atoms with Crippen LogP contribution < -0.4 is 0 Å². The molecule has 0 aliphatic carbocycles. The van der Waals surface area contributed by atoms with Gasteiger partial charge in [-0.05, 0) is 30.5 Å². The van der Waals surface area contributed by atoms with Crippen LogP contribution in [0.5, 0.6) is 0 Å². The summed E-state index contributed by atoms with van der Waals surface area (Å²) in [7, 11) is 0. The first-order valence-corrected chi connectivity index (χ1v) is 9.02. The largest absolute Gasteiger partial charge is 0.360 e. The molecular weight excluding hydrogens is 318 g/mol. The molecular formula is C19H21N3O3. The first-order valence-electron chi connectivity index (χ1n) is 9.02. The molecule has 4 aliphatic rings. The quantitative estimate of drug-likeness (QED) is 0.755. The fourth-order valence-corrected chi connectivity index (χ4v) is 4.61. The molecule has 2 unspecified atom stereocenters. The maximum absolute atomic E-state index is 13.1. The van der Waals surface area contributed by atoms with E-state index in [2.05, 4.69) is 4.98 Å². The van der Waals surface area contributed by atoms with Gasteiger partial charge < -0.3 is 14.5 Å². The SMILES string of the molecule is O=C(C1C2C(=O)N(CCc3ccncc3)C[C@]23C=C[C@H]1O3)N1CCC1. The lowest BCUT2D eigenvalue weighted by Crippen LogP contribution is -2.50. The summed E-state index contributed by atoms with van der Waals surface area (Å²) in [5, 5.41) is 0. The van der Waals surface area contributed by atoms with Gasteiger partial charge in [0.25, 0.3) is 0 Å². The lowest BCUT2D eigenvalue weighted by atomic mass is 9.76. The van der Waals surface area contributed by atoms with E-state index >= 15 is 0 Å². The Morgan fingerprint density at radius 1 is 1.32 bits per heavy atom. The van der Waals surface area contributed by atoms with Gasteiger partial charge in [-0.1, -0.05) is 12.2 Å². The second-order valence-electron chi connectivity index (χ2n) is 7.44. The zero-order valence-corrected chi connectivity index (χ0v) is 14.0. The molecule has 4 atom stereocenters. The lowest BCUT2D eigenvalue weighted by Gasteiger charge is -2.35. The molecule has 2 bridgehead atoms. The summed E-state index contributed by atoms with van der Waals surface area (Å²) < 4.78 is 6.16. The number of ether oxygens (including phenoxy) is 1. The smallest absolute Gasteiger partial charge is 0.230 e. The van der Waals surface area contributed by atoms with Gasteiger partial charge in [0.2, 0.25) is 11.8 Å². The van der Waals surface area contributed by atoms with Gasteiger partial charge in [0, 0.05) is 32.0 Å². The van der Waals surface area contributed by atoms with E-state index in [1.165, 1.54) is 0 Å². The van der Waals surface area contributed by atoms with E-state index in [0.717, 1.165) is 31.5 Å².